The third kappa shape index (κ3) is 3.66. The number of aliphatic carboxylic acids is 1. The molecule has 0 bridgehead atoms. The summed E-state index contributed by atoms with van der Waals surface area (Å²) in [5, 5.41) is 8.64. The fourth-order valence-electron chi connectivity index (χ4n) is 1.26. The first-order chi connectivity index (χ1) is 8.34. The Morgan fingerprint density at radius 3 is 2.72 bits per heavy atom. The Hall–Kier alpha value is -2.23. The van der Waals surface area contributed by atoms with Crippen LogP contribution in [0.15, 0.2) is 18.3 Å². The van der Waals surface area contributed by atoms with E-state index in [0.717, 1.165) is 23.2 Å². The van der Waals surface area contributed by atoms with Gasteiger partial charge in [0.2, 0.25) is 0 Å². The molecule has 0 saturated heterocycles. The largest absolute Gasteiger partial charge is 0.480 e. The van der Waals surface area contributed by atoms with Crippen LogP contribution in [0, 0.1) is 12.3 Å². The van der Waals surface area contributed by atoms with E-state index in [9.17, 15) is 18.0 Å². The lowest BCUT2D eigenvalue weighted by molar-refractivity contribution is -0.137. The number of hydrogen-bond donors (Lipinski definition) is 1. The van der Waals surface area contributed by atoms with Crippen LogP contribution in [0.2, 0.25) is 0 Å². The average Bonchev–Trinajstić information content (AvgIpc) is 2.27. The Bertz CT molecular complexity index is 480. The van der Waals surface area contributed by atoms with Gasteiger partial charge in [-0.1, -0.05) is 5.92 Å². The van der Waals surface area contributed by atoms with Crippen LogP contribution in [-0.4, -0.2) is 29.1 Å². The van der Waals surface area contributed by atoms with E-state index in [-0.39, 0.29) is 12.4 Å². The molecule has 7 heteroatoms. The molecule has 1 aromatic heterocycles. The van der Waals surface area contributed by atoms with Crippen molar-refractivity contribution >= 4 is 11.8 Å². The molecule has 1 heterocycles. The molecule has 0 unspecified atom stereocenters. The van der Waals surface area contributed by atoms with Crippen LogP contribution in [0.4, 0.5) is 19.0 Å². The zero-order valence-electron chi connectivity index (χ0n) is 9.11. The van der Waals surface area contributed by atoms with Gasteiger partial charge in [0.05, 0.1) is 12.1 Å². The summed E-state index contributed by atoms with van der Waals surface area (Å²) in [5.41, 5.74) is -0.903. The first kappa shape index (κ1) is 13.8. The highest BCUT2D eigenvalue weighted by molar-refractivity contribution is 5.73. The number of alkyl halides is 3. The van der Waals surface area contributed by atoms with Crippen molar-refractivity contribution in [2.24, 2.45) is 0 Å². The van der Waals surface area contributed by atoms with E-state index >= 15 is 0 Å². The predicted molar refractivity (Wildman–Crippen MR) is 57.9 cm³/mol. The number of halogens is 3. The lowest BCUT2D eigenvalue weighted by Gasteiger charge is -2.19. The van der Waals surface area contributed by atoms with Crippen molar-refractivity contribution in [3.8, 4) is 12.3 Å². The van der Waals surface area contributed by atoms with Gasteiger partial charge in [0.1, 0.15) is 12.4 Å². The van der Waals surface area contributed by atoms with Crippen molar-refractivity contribution in [3.05, 3.63) is 23.9 Å². The quantitative estimate of drug-likeness (QED) is 0.834. The lowest BCUT2D eigenvalue weighted by atomic mass is 10.2. The number of carboxylic acids is 1. The summed E-state index contributed by atoms with van der Waals surface area (Å²) < 4.78 is 37.4. The monoisotopic (exact) mass is 258 g/mol. The number of anilines is 1. The third-order valence-electron chi connectivity index (χ3n) is 2.01. The second-order valence-electron chi connectivity index (χ2n) is 3.35. The smallest absolute Gasteiger partial charge is 0.416 e. The Morgan fingerprint density at radius 2 is 2.22 bits per heavy atom. The van der Waals surface area contributed by atoms with Crippen LogP contribution < -0.4 is 4.90 Å². The second kappa shape index (κ2) is 5.40. The van der Waals surface area contributed by atoms with Crippen LogP contribution >= 0.6 is 0 Å². The lowest BCUT2D eigenvalue weighted by Crippen LogP contribution is -2.31. The average molecular weight is 258 g/mol. The molecule has 0 radical (unpaired) electrons. The molecule has 4 nitrogen and oxygen atoms in total. The van der Waals surface area contributed by atoms with E-state index < -0.39 is 24.3 Å². The Kier molecular flexibility index (Phi) is 4.15. The summed E-state index contributed by atoms with van der Waals surface area (Å²) in [5.74, 6) is 0.847. The van der Waals surface area contributed by atoms with Crippen LogP contribution in [-0.2, 0) is 11.0 Å². The molecule has 0 aliphatic rings. The zero-order valence-corrected chi connectivity index (χ0v) is 9.11. The van der Waals surface area contributed by atoms with Crippen LogP contribution in [0.5, 0.6) is 0 Å². The van der Waals surface area contributed by atoms with Gasteiger partial charge in [-0.3, -0.25) is 4.79 Å². The molecule has 0 fully saturated rings. The molecule has 0 amide bonds. The van der Waals surface area contributed by atoms with Gasteiger partial charge >= 0.3 is 12.1 Å². The molecule has 0 spiro atoms. The first-order valence-electron chi connectivity index (χ1n) is 4.78. The van der Waals surface area contributed by atoms with Crippen molar-refractivity contribution in [2.75, 3.05) is 18.0 Å². The van der Waals surface area contributed by atoms with E-state index in [1.807, 2.05) is 0 Å². The van der Waals surface area contributed by atoms with Crippen molar-refractivity contribution < 1.29 is 23.1 Å². The van der Waals surface area contributed by atoms with Gasteiger partial charge in [-0.25, -0.2) is 4.98 Å². The molecule has 0 aliphatic heterocycles. The molecule has 1 N–H and O–H groups in total. The summed E-state index contributed by atoms with van der Waals surface area (Å²) in [6.45, 7) is -0.654. The maximum Gasteiger partial charge on any atom is 0.416 e. The second-order valence-corrected chi connectivity index (χ2v) is 3.35. The van der Waals surface area contributed by atoms with Gasteiger partial charge in [-0.15, -0.1) is 6.42 Å². The van der Waals surface area contributed by atoms with Crippen LogP contribution in [0.1, 0.15) is 5.56 Å². The predicted octanol–water partition coefficient (Wildman–Crippen LogP) is 1.62. The SMILES string of the molecule is C#CCN(CC(=O)O)c1cc(C(F)(F)F)ccn1. The molecule has 0 saturated carbocycles. The number of aromatic nitrogens is 1. The van der Waals surface area contributed by atoms with Crippen molar-refractivity contribution in [1.82, 2.24) is 4.98 Å². The van der Waals surface area contributed by atoms with Gasteiger partial charge in [0.25, 0.3) is 0 Å². The summed E-state index contributed by atoms with van der Waals surface area (Å²) in [4.78, 5) is 15.3. The van der Waals surface area contributed by atoms with Gasteiger partial charge in [-0.2, -0.15) is 13.2 Å². The maximum absolute atomic E-state index is 12.5. The van der Waals surface area contributed by atoms with Gasteiger partial charge in [0, 0.05) is 6.20 Å². The summed E-state index contributed by atoms with van der Waals surface area (Å²) in [7, 11) is 0. The highest BCUT2D eigenvalue weighted by Gasteiger charge is 2.31. The minimum absolute atomic E-state index is 0.120. The molecule has 1 rings (SSSR count). The van der Waals surface area contributed by atoms with E-state index in [2.05, 4.69) is 10.9 Å². The van der Waals surface area contributed by atoms with Crippen LogP contribution in [0.25, 0.3) is 0 Å². The van der Waals surface area contributed by atoms with Crippen LogP contribution in [0.3, 0.4) is 0 Å². The van der Waals surface area contributed by atoms with E-state index in [4.69, 9.17) is 11.5 Å². The molecule has 96 valence electrons. The molecular formula is C11H9F3N2O2. The van der Waals surface area contributed by atoms with E-state index in [0.29, 0.717) is 0 Å². The standard InChI is InChI=1S/C11H9F3N2O2/c1-2-5-16(7-10(17)18)9-6-8(3-4-15-9)11(12,13)14/h1,3-4,6H,5,7H2,(H,17,18). The van der Waals surface area contributed by atoms with Gasteiger partial charge < -0.3 is 10.0 Å². The number of rotatable bonds is 4. The summed E-state index contributed by atoms with van der Waals surface area (Å²) in [6.07, 6.45) is 1.48. The number of hydrogen-bond acceptors (Lipinski definition) is 3. The normalized spacial score (nSPS) is 10.8. The first-order valence-corrected chi connectivity index (χ1v) is 4.78. The van der Waals surface area contributed by atoms with E-state index in [1.54, 1.807) is 0 Å². The number of carbonyl (C=O) groups is 1. The zero-order chi connectivity index (χ0) is 13.8. The Balaban J connectivity index is 3.06. The molecule has 0 aliphatic carbocycles. The Morgan fingerprint density at radius 1 is 1.56 bits per heavy atom. The molecular weight excluding hydrogens is 249 g/mol. The Labute approximate surface area is 101 Å². The summed E-state index contributed by atoms with van der Waals surface area (Å²) >= 11 is 0. The fraction of sp³-hybridized carbons (Fsp3) is 0.273. The number of pyridine rings is 1. The van der Waals surface area contributed by atoms with Crippen molar-refractivity contribution in [2.45, 2.75) is 6.18 Å². The highest BCUT2D eigenvalue weighted by atomic mass is 19.4. The molecule has 18 heavy (non-hydrogen) atoms. The maximum atomic E-state index is 12.5. The molecule has 0 atom stereocenters. The minimum Gasteiger partial charge on any atom is -0.480 e. The topological polar surface area (TPSA) is 53.4 Å². The van der Waals surface area contributed by atoms with Gasteiger partial charge in [0.15, 0.2) is 0 Å². The number of carboxylic acid groups (broad SMARTS) is 1. The van der Waals surface area contributed by atoms with Crippen molar-refractivity contribution in [1.29, 1.82) is 0 Å². The summed E-state index contributed by atoms with van der Waals surface area (Å²) in [6, 6.07) is 1.57. The minimum atomic E-state index is -4.51. The number of nitrogens with zero attached hydrogens (tertiary/aromatic N) is 2. The van der Waals surface area contributed by atoms with Gasteiger partial charge in [-0.05, 0) is 12.1 Å². The number of terminal acetylenes is 1. The van der Waals surface area contributed by atoms with E-state index in [1.165, 1.54) is 0 Å². The highest BCUT2D eigenvalue weighted by Crippen LogP contribution is 2.30. The molecule has 0 aromatic carbocycles. The third-order valence-corrected chi connectivity index (χ3v) is 2.01. The fourth-order valence-corrected chi connectivity index (χ4v) is 1.26. The molecule has 1 aromatic rings. The van der Waals surface area contributed by atoms with Crippen molar-refractivity contribution in [3.63, 3.8) is 0 Å².